The first kappa shape index (κ1) is 19.4. The Hall–Kier alpha value is -1.93. The first-order valence-corrected chi connectivity index (χ1v) is 10.5. The summed E-state index contributed by atoms with van der Waals surface area (Å²) in [6.07, 6.45) is 8.03. The van der Waals surface area contributed by atoms with Crippen LogP contribution < -0.4 is 5.32 Å². The molecule has 4 heterocycles. The molecule has 0 bridgehead atoms. The van der Waals surface area contributed by atoms with Gasteiger partial charge in [-0.1, -0.05) is 6.92 Å². The van der Waals surface area contributed by atoms with Crippen molar-refractivity contribution in [2.75, 3.05) is 26.2 Å². The molecule has 0 radical (unpaired) electrons. The molecule has 8 heteroatoms. The Kier molecular flexibility index (Phi) is 5.68. The lowest BCUT2D eigenvalue weighted by Crippen LogP contribution is -2.55. The molecule has 1 N–H and O–H groups in total. The lowest BCUT2D eigenvalue weighted by molar-refractivity contribution is -0.176. The van der Waals surface area contributed by atoms with Crippen molar-refractivity contribution < 1.29 is 19.1 Å². The quantitative estimate of drug-likeness (QED) is 0.816. The summed E-state index contributed by atoms with van der Waals surface area (Å²) >= 11 is 0. The number of carbonyl (C=O) groups is 2. The summed E-state index contributed by atoms with van der Waals surface area (Å²) < 4.78 is 14.0. The molecule has 8 nitrogen and oxygen atoms in total. The number of carbonyl (C=O) groups excluding carboxylic acids is 2. The van der Waals surface area contributed by atoms with Gasteiger partial charge < -0.3 is 24.3 Å². The normalized spacial score (nSPS) is 26.2. The fourth-order valence-electron chi connectivity index (χ4n) is 4.50. The molecular formula is C20H30N4O4. The highest BCUT2D eigenvalue weighted by Gasteiger charge is 2.47. The fourth-order valence-corrected chi connectivity index (χ4v) is 4.50. The van der Waals surface area contributed by atoms with Crippen LogP contribution >= 0.6 is 0 Å². The highest BCUT2D eigenvalue weighted by Crippen LogP contribution is 2.40. The van der Waals surface area contributed by atoms with Crippen molar-refractivity contribution in [2.45, 2.75) is 69.8 Å². The standard InChI is InChI=1S/C20H30N4O4/c1-2-4-17(25)23-9-6-20(7-10-23)19-21-8-11-24(19)14-16(28-20)18(26)22-13-15-5-3-12-27-15/h8,11,15-16H,2-7,9-10,12-14H2,1H3,(H,22,26)/t15-,16+/m1/s1. The van der Waals surface area contributed by atoms with Crippen LogP contribution in [0.25, 0.3) is 0 Å². The maximum atomic E-state index is 12.8. The number of ether oxygens (including phenoxy) is 2. The molecule has 2 saturated heterocycles. The Morgan fingerprint density at radius 1 is 1.36 bits per heavy atom. The van der Waals surface area contributed by atoms with Crippen molar-refractivity contribution in [1.82, 2.24) is 19.8 Å². The molecule has 4 rings (SSSR count). The van der Waals surface area contributed by atoms with Crippen LogP contribution in [0.15, 0.2) is 12.4 Å². The van der Waals surface area contributed by atoms with Gasteiger partial charge in [0, 0.05) is 57.9 Å². The summed E-state index contributed by atoms with van der Waals surface area (Å²) in [4.78, 5) is 31.5. The highest BCUT2D eigenvalue weighted by molar-refractivity contribution is 5.81. The number of piperidine rings is 1. The van der Waals surface area contributed by atoms with Crippen LogP contribution in [0.2, 0.25) is 0 Å². The highest BCUT2D eigenvalue weighted by atomic mass is 16.5. The fraction of sp³-hybridized carbons (Fsp3) is 0.750. The topological polar surface area (TPSA) is 85.7 Å². The van der Waals surface area contributed by atoms with Crippen molar-refractivity contribution in [3.63, 3.8) is 0 Å². The van der Waals surface area contributed by atoms with Gasteiger partial charge in [-0.3, -0.25) is 9.59 Å². The van der Waals surface area contributed by atoms with E-state index >= 15 is 0 Å². The molecule has 0 aliphatic carbocycles. The summed E-state index contributed by atoms with van der Waals surface area (Å²) in [7, 11) is 0. The van der Waals surface area contributed by atoms with Crippen LogP contribution in [0, 0.1) is 0 Å². The minimum Gasteiger partial charge on any atom is -0.376 e. The minimum atomic E-state index is -0.601. The van der Waals surface area contributed by atoms with E-state index in [0.717, 1.165) is 31.7 Å². The number of hydrogen-bond acceptors (Lipinski definition) is 5. The van der Waals surface area contributed by atoms with Gasteiger partial charge in [0.2, 0.25) is 5.91 Å². The van der Waals surface area contributed by atoms with E-state index in [-0.39, 0.29) is 17.9 Å². The monoisotopic (exact) mass is 390 g/mol. The SMILES string of the molecule is CCCC(=O)N1CCC2(CC1)O[C@H](C(=O)NC[C@H]1CCCO1)Cn1ccnc12. The number of amides is 2. The number of hydrogen-bond donors (Lipinski definition) is 1. The van der Waals surface area contributed by atoms with E-state index in [9.17, 15) is 9.59 Å². The molecule has 1 spiro atoms. The van der Waals surface area contributed by atoms with Gasteiger partial charge in [0.15, 0.2) is 6.10 Å². The lowest BCUT2D eigenvalue weighted by Gasteiger charge is -2.45. The molecule has 0 saturated carbocycles. The number of rotatable bonds is 5. The molecule has 3 aliphatic heterocycles. The maximum absolute atomic E-state index is 12.8. The van der Waals surface area contributed by atoms with Gasteiger partial charge >= 0.3 is 0 Å². The largest absolute Gasteiger partial charge is 0.376 e. The van der Waals surface area contributed by atoms with Crippen molar-refractivity contribution in [1.29, 1.82) is 0 Å². The Balaban J connectivity index is 1.43. The average Bonchev–Trinajstić information content (AvgIpc) is 3.39. The predicted octanol–water partition coefficient (Wildman–Crippen LogP) is 1.19. The average molecular weight is 390 g/mol. The van der Waals surface area contributed by atoms with Crippen molar-refractivity contribution in [2.24, 2.45) is 0 Å². The maximum Gasteiger partial charge on any atom is 0.251 e. The van der Waals surface area contributed by atoms with Crippen LogP contribution in [-0.4, -0.2) is 64.7 Å². The van der Waals surface area contributed by atoms with Gasteiger partial charge in [-0.05, 0) is 19.3 Å². The zero-order chi connectivity index (χ0) is 19.6. The van der Waals surface area contributed by atoms with Crippen LogP contribution in [0.4, 0.5) is 0 Å². The number of aromatic nitrogens is 2. The number of fused-ring (bicyclic) bond motifs is 2. The summed E-state index contributed by atoms with van der Waals surface area (Å²) in [5.41, 5.74) is -0.601. The van der Waals surface area contributed by atoms with Gasteiger partial charge in [0.1, 0.15) is 11.4 Å². The smallest absolute Gasteiger partial charge is 0.251 e. The number of imidazole rings is 1. The Labute approximate surface area is 165 Å². The molecule has 1 aromatic heterocycles. The van der Waals surface area contributed by atoms with Crippen LogP contribution in [-0.2, 0) is 31.2 Å². The van der Waals surface area contributed by atoms with Crippen molar-refractivity contribution in [3.05, 3.63) is 18.2 Å². The van der Waals surface area contributed by atoms with E-state index in [1.54, 1.807) is 6.20 Å². The summed E-state index contributed by atoms with van der Waals surface area (Å²) in [5.74, 6) is 0.972. The van der Waals surface area contributed by atoms with Gasteiger partial charge in [0.05, 0.1) is 12.6 Å². The molecule has 1 aromatic rings. The van der Waals surface area contributed by atoms with Crippen LogP contribution in [0.3, 0.4) is 0 Å². The number of nitrogens with zero attached hydrogens (tertiary/aromatic N) is 3. The molecular weight excluding hydrogens is 360 g/mol. The molecule has 2 fully saturated rings. The molecule has 3 aliphatic rings. The van der Waals surface area contributed by atoms with E-state index in [1.807, 2.05) is 22.6 Å². The second kappa shape index (κ2) is 8.21. The first-order chi connectivity index (χ1) is 13.6. The van der Waals surface area contributed by atoms with Crippen LogP contribution in [0.1, 0.15) is 51.3 Å². The zero-order valence-corrected chi connectivity index (χ0v) is 16.6. The predicted molar refractivity (Wildman–Crippen MR) is 101 cm³/mol. The van der Waals surface area contributed by atoms with Gasteiger partial charge in [-0.2, -0.15) is 0 Å². The summed E-state index contributed by atoms with van der Waals surface area (Å²) in [5, 5.41) is 3.00. The number of nitrogens with one attached hydrogen (secondary N) is 1. The summed E-state index contributed by atoms with van der Waals surface area (Å²) in [6.45, 7) is 5.06. The van der Waals surface area contributed by atoms with Gasteiger partial charge in [0.25, 0.3) is 5.91 Å². The Morgan fingerprint density at radius 3 is 2.89 bits per heavy atom. The zero-order valence-electron chi connectivity index (χ0n) is 16.6. The molecule has 0 aromatic carbocycles. The minimum absolute atomic E-state index is 0.0984. The third kappa shape index (κ3) is 3.80. The van der Waals surface area contributed by atoms with Gasteiger partial charge in [-0.25, -0.2) is 4.98 Å². The van der Waals surface area contributed by atoms with Crippen LogP contribution in [0.5, 0.6) is 0 Å². The summed E-state index contributed by atoms with van der Waals surface area (Å²) in [6, 6.07) is 0. The molecule has 2 atom stereocenters. The van der Waals surface area contributed by atoms with Gasteiger partial charge in [-0.15, -0.1) is 0 Å². The Morgan fingerprint density at radius 2 is 2.18 bits per heavy atom. The van der Waals surface area contributed by atoms with E-state index in [0.29, 0.717) is 45.4 Å². The molecule has 154 valence electrons. The van der Waals surface area contributed by atoms with E-state index < -0.39 is 11.7 Å². The second-order valence-corrected chi connectivity index (χ2v) is 8.01. The molecule has 28 heavy (non-hydrogen) atoms. The third-order valence-corrected chi connectivity index (χ3v) is 6.06. The molecule has 0 unspecified atom stereocenters. The van der Waals surface area contributed by atoms with E-state index in [4.69, 9.17) is 9.47 Å². The van der Waals surface area contributed by atoms with Crippen molar-refractivity contribution in [3.8, 4) is 0 Å². The number of likely N-dealkylation sites (tertiary alicyclic amines) is 1. The first-order valence-electron chi connectivity index (χ1n) is 10.5. The molecule has 2 amide bonds. The third-order valence-electron chi connectivity index (χ3n) is 6.06. The second-order valence-electron chi connectivity index (χ2n) is 8.01. The lowest BCUT2D eigenvalue weighted by atomic mass is 9.88. The van der Waals surface area contributed by atoms with E-state index in [1.165, 1.54) is 0 Å². The van der Waals surface area contributed by atoms with E-state index in [2.05, 4.69) is 10.3 Å². The Bertz CT molecular complexity index is 705. The van der Waals surface area contributed by atoms with Crippen molar-refractivity contribution >= 4 is 11.8 Å².